The number of aromatic carboxylic acids is 2. The molecular formula is C40H38N2O10. The first-order valence-corrected chi connectivity index (χ1v) is 16.6. The minimum atomic E-state index is -1.09. The summed E-state index contributed by atoms with van der Waals surface area (Å²) in [5.41, 5.74) is 5.69. The van der Waals surface area contributed by atoms with Crippen molar-refractivity contribution in [1.29, 1.82) is 0 Å². The highest BCUT2D eigenvalue weighted by molar-refractivity contribution is 6.06. The van der Waals surface area contributed by atoms with Crippen molar-refractivity contribution in [2.75, 3.05) is 0 Å². The normalized spacial score (nSPS) is 11.0. The molecule has 6 aromatic rings. The van der Waals surface area contributed by atoms with Crippen molar-refractivity contribution in [2.24, 2.45) is 0 Å². The van der Waals surface area contributed by atoms with Gasteiger partial charge in [-0.05, 0) is 60.4 Å². The monoisotopic (exact) mass is 706 g/mol. The molecule has 0 atom stereocenters. The Morgan fingerprint density at radius 2 is 1.10 bits per heavy atom. The fourth-order valence-electron chi connectivity index (χ4n) is 6.81. The van der Waals surface area contributed by atoms with E-state index in [1.165, 1.54) is 12.1 Å². The van der Waals surface area contributed by atoms with E-state index in [-0.39, 0.29) is 35.5 Å². The summed E-state index contributed by atoms with van der Waals surface area (Å²) in [6.07, 6.45) is 0.745. The standard InChI is InChI=1S/2C20H19NO5/c1-2-15-14(10-18(23)24)19-13(20(25)26)7-5-8-16(19)21(15)11-12-6-3-4-9-17(12)22;1-2-16-15(10-19(23)24)14-8-7-12(20(25)26)9-17(14)21(16)11-13-5-3-4-6-18(13)22/h2*3-9,22H,2,10-11H2,1H3,(H,23,24)(H,25,26). The van der Waals surface area contributed by atoms with Crippen molar-refractivity contribution in [1.82, 2.24) is 9.13 Å². The molecule has 0 spiro atoms. The third kappa shape index (κ3) is 7.46. The van der Waals surface area contributed by atoms with Crippen molar-refractivity contribution in [3.8, 4) is 11.5 Å². The number of phenols is 2. The number of phenolic OH excluding ortho intramolecular Hbond substituents is 2. The number of benzene rings is 4. The lowest BCUT2D eigenvalue weighted by Crippen LogP contribution is -2.07. The third-order valence-corrected chi connectivity index (χ3v) is 9.04. The maximum atomic E-state index is 11.7. The van der Waals surface area contributed by atoms with Gasteiger partial charge in [0.2, 0.25) is 0 Å². The predicted octanol–water partition coefficient (Wildman–Crippen LogP) is 6.57. The van der Waals surface area contributed by atoms with Crippen LogP contribution >= 0.6 is 0 Å². The molecule has 0 unspecified atom stereocenters. The largest absolute Gasteiger partial charge is 0.508 e. The van der Waals surface area contributed by atoms with Gasteiger partial charge in [-0.2, -0.15) is 0 Å². The molecule has 6 N–H and O–H groups in total. The van der Waals surface area contributed by atoms with Crippen LogP contribution in [0.4, 0.5) is 0 Å². The topological polar surface area (TPSA) is 200 Å². The Morgan fingerprint density at radius 3 is 1.60 bits per heavy atom. The van der Waals surface area contributed by atoms with Crippen molar-refractivity contribution >= 4 is 45.7 Å². The maximum absolute atomic E-state index is 11.7. The van der Waals surface area contributed by atoms with Crippen molar-refractivity contribution in [3.63, 3.8) is 0 Å². The van der Waals surface area contributed by atoms with Gasteiger partial charge >= 0.3 is 23.9 Å². The number of para-hydroxylation sites is 2. The van der Waals surface area contributed by atoms with Gasteiger partial charge in [-0.3, -0.25) is 9.59 Å². The van der Waals surface area contributed by atoms with Crippen LogP contribution in [-0.2, 0) is 48.4 Å². The molecule has 0 saturated heterocycles. The molecule has 52 heavy (non-hydrogen) atoms. The third-order valence-electron chi connectivity index (χ3n) is 9.04. The molecule has 12 heteroatoms. The SMILES string of the molecule is CCc1c(CC(=O)O)c2c(C(=O)O)cccc2n1Cc1ccccc1O.CCc1c(CC(=O)O)c2ccc(C(=O)O)cc2n1Cc1ccccc1O. The first-order chi connectivity index (χ1) is 24.9. The van der Waals surface area contributed by atoms with E-state index < -0.39 is 23.9 Å². The van der Waals surface area contributed by atoms with Crippen LogP contribution in [0.5, 0.6) is 11.5 Å². The van der Waals surface area contributed by atoms with Gasteiger partial charge in [0, 0.05) is 44.3 Å². The first kappa shape index (κ1) is 36.7. The van der Waals surface area contributed by atoms with Gasteiger partial charge in [0.05, 0.1) is 37.1 Å². The molecule has 0 fully saturated rings. The van der Waals surface area contributed by atoms with Crippen LogP contribution in [0.15, 0.2) is 84.9 Å². The first-order valence-electron chi connectivity index (χ1n) is 16.6. The van der Waals surface area contributed by atoms with Crippen LogP contribution in [0.1, 0.15) is 68.2 Å². The van der Waals surface area contributed by atoms with E-state index in [1.54, 1.807) is 60.7 Å². The smallest absolute Gasteiger partial charge is 0.336 e. The summed E-state index contributed by atoms with van der Waals surface area (Å²) in [5, 5.41) is 58.8. The average Bonchev–Trinajstić information content (AvgIpc) is 3.56. The number of hydrogen-bond donors (Lipinski definition) is 6. The number of aromatic nitrogens is 2. The van der Waals surface area contributed by atoms with E-state index in [1.807, 2.05) is 35.1 Å². The predicted molar refractivity (Wildman–Crippen MR) is 194 cm³/mol. The maximum Gasteiger partial charge on any atom is 0.336 e. The van der Waals surface area contributed by atoms with E-state index in [2.05, 4.69) is 0 Å². The van der Waals surface area contributed by atoms with Crippen LogP contribution in [0, 0.1) is 0 Å². The zero-order valence-electron chi connectivity index (χ0n) is 28.5. The molecule has 4 aromatic carbocycles. The number of fused-ring (bicyclic) bond motifs is 2. The summed E-state index contributed by atoms with van der Waals surface area (Å²) < 4.78 is 3.80. The summed E-state index contributed by atoms with van der Waals surface area (Å²) in [6.45, 7) is 4.49. The van der Waals surface area contributed by atoms with Gasteiger partial charge in [-0.25, -0.2) is 9.59 Å². The van der Waals surface area contributed by atoms with Gasteiger partial charge in [-0.15, -0.1) is 0 Å². The second-order valence-electron chi connectivity index (χ2n) is 12.2. The highest BCUT2D eigenvalue weighted by Gasteiger charge is 2.24. The summed E-state index contributed by atoms with van der Waals surface area (Å²) in [4.78, 5) is 45.8. The lowest BCUT2D eigenvalue weighted by atomic mass is 10.0. The number of carboxylic acid groups (broad SMARTS) is 4. The minimum absolute atomic E-state index is 0.0875. The zero-order valence-corrected chi connectivity index (χ0v) is 28.5. The van der Waals surface area contributed by atoms with Gasteiger partial charge in [0.1, 0.15) is 11.5 Å². The van der Waals surface area contributed by atoms with E-state index in [4.69, 9.17) is 0 Å². The summed E-state index contributed by atoms with van der Waals surface area (Å²) in [5.74, 6) is -3.80. The molecule has 0 aliphatic rings. The van der Waals surface area contributed by atoms with Gasteiger partial charge in [0.15, 0.2) is 0 Å². The number of aliphatic carboxylic acids is 2. The Bertz CT molecular complexity index is 2280. The summed E-state index contributed by atoms with van der Waals surface area (Å²) in [6, 6.07) is 23.5. The molecule has 268 valence electrons. The van der Waals surface area contributed by atoms with Crippen molar-refractivity contribution < 1.29 is 49.8 Å². The van der Waals surface area contributed by atoms with E-state index in [9.17, 15) is 49.8 Å². The number of rotatable bonds is 12. The average molecular weight is 707 g/mol. The Kier molecular flexibility index (Phi) is 11.0. The lowest BCUT2D eigenvalue weighted by molar-refractivity contribution is -0.137. The Balaban J connectivity index is 0.000000201. The number of aromatic hydroxyl groups is 2. The van der Waals surface area contributed by atoms with Crippen LogP contribution in [-0.4, -0.2) is 63.7 Å². The molecule has 0 bridgehead atoms. The van der Waals surface area contributed by atoms with Crippen LogP contribution < -0.4 is 0 Å². The van der Waals surface area contributed by atoms with Crippen molar-refractivity contribution in [3.05, 3.63) is 130 Å². The molecule has 0 saturated carbocycles. The second-order valence-corrected chi connectivity index (χ2v) is 12.2. The molecular weight excluding hydrogens is 668 g/mol. The van der Waals surface area contributed by atoms with E-state index in [0.29, 0.717) is 64.6 Å². The van der Waals surface area contributed by atoms with Gasteiger partial charge in [-0.1, -0.05) is 62.4 Å². The molecule has 0 radical (unpaired) electrons. The number of carboxylic acids is 4. The molecule has 0 aliphatic heterocycles. The van der Waals surface area contributed by atoms with E-state index >= 15 is 0 Å². The van der Waals surface area contributed by atoms with Crippen LogP contribution in [0.25, 0.3) is 21.8 Å². The highest BCUT2D eigenvalue weighted by atomic mass is 16.4. The van der Waals surface area contributed by atoms with E-state index in [0.717, 1.165) is 16.8 Å². The number of nitrogens with zero attached hydrogens (tertiary/aromatic N) is 2. The Hall–Kier alpha value is -6.56. The fourth-order valence-corrected chi connectivity index (χ4v) is 6.81. The molecule has 12 nitrogen and oxygen atoms in total. The molecule has 2 aromatic heterocycles. The Morgan fingerprint density at radius 1 is 0.577 bits per heavy atom. The summed E-state index contributed by atoms with van der Waals surface area (Å²) >= 11 is 0. The number of carbonyl (C=O) groups is 4. The Labute approximate surface area is 298 Å². The molecule has 0 aliphatic carbocycles. The molecule has 0 amide bonds. The molecule has 6 rings (SSSR count). The zero-order chi connectivity index (χ0) is 37.7. The lowest BCUT2D eigenvalue weighted by Gasteiger charge is -2.12. The quantitative estimate of drug-likeness (QED) is 0.0809. The minimum Gasteiger partial charge on any atom is -0.508 e. The second kappa shape index (κ2) is 15.5. The van der Waals surface area contributed by atoms with Crippen LogP contribution in [0.2, 0.25) is 0 Å². The summed E-state index contributed by atoms with van der Waals surface area (Å²) in [7, 11) is 0. The molecule has 2 heterocycles. The van der Waals surface area contributed by atoms with Gasteiger partial charge in [0.25, 0.3) is 0 Å². The van der Waals surface area contributed by atoms with Gasteiger partial charge < -0.3 is 39.8 Å². The van der Waals surface area contributed by atoms with Crippen LogP contribution in [0.3, 0.4) is 0 Å². The van der Waals surface area contributed by atoms with Crippen molar-refractivity contribution in [2.45, 2.75) is 52.6 Å². The number of hydrogen-bond acceptors (Lipinski definition) is 6. The fraction of sp³-hybridized carbons (Fsp3) is 0.200. The highest BCUT2D eigenvalue weighted by Crippen LogP contribution is 2.33.